The summed E-state index contributed by atoms with van der Waals surface area (Å²) in [7, 11) is 1.99. The molecule has 2 rings (SSSR count). The molecule has 0 spiro atoms. The lowest BCUT2D eigenvalue weighted by Crippen LogP contribution is -2.12. The molecule has 0 aliphatic heterocycles. The van der Waals surface area contributed by atoms with Crippen LogP contribution in [0.3, 0.4) is 0 Å². The highest BCUT2D eigenvalue weighted by atomic mass is 35.5. The number of aliphatic hydroxyl groups is 1. The second kappa shape index (κ2) is 5.64. The third-order valence-corrected chi connectivity index (χ3v) is 3.56. The van der Waals surface area contributed by atoms with Gasteiger partial charge in [-0.15, -0.1) is 0 Å². The van der Waals surface area contributed by atoms with Crippen LogP contribution < -0.4 is 4.90 Å². The molecule has 0 fully saturated rings. The number of hydrogen-bond donors (Lipinski definition) is 1. The average Bonchev–Trinajstić information content (AvgIpc) is 2.36. The molecule has 100 valence electrons. The molecule has 0 amide bonds. The molecule has 2 nitrogen and oxygen atoms in total. The minimum atomic E-state index is -0.0653. The summed E-state index contributed by atoms with van der Waals surface area (Å²) in [6.45, 7) is 4.09. The van der Waals surface area contributed by atoms with Crippen molar-refractivity contribution in [2.24, 2.45) is 0 Å². The molecule has 0 saturated heterocycles. The molecule has 0 atom stereocenters. The van der Waals surface area contributed by atoms with Crippen LogP contribution in [-0.2, 0) is 6.61 Å². The Bertz CT molecular complexity index is 575. The van der Waals surface area contributed by atoms with E-state index in [1.807, 2.05) is 19.2 Å². The van der Waals surface area contributed by atoms with Crippen LogP contribution in [0.15, 0.2) is 36.4 Å². The molecule has 0 aromatic heterocycles. The van der Waals surface area contributed by atoms with E-state index in [1.54, 1.807) is 6.07 Å². The van der Waals surface area contributed by atoms with Crippen LogP contribution in [-0.4, -0.2) is 12.2 Å². The van der Waals surface area contributed by atoms with Gasteiger partial charge in [-0.1, -0.05) is 23.7 Å². The molecular formula is C16H18ClNO. The van der Waals surface area contributed by atoms with Crippen LogP contribution in [0.5, 0.6) is 0 Å². The topological polar surface area (TPSA) is 23.5 Å². The van der Waals surface area contributed by atoms with E-state index in [0.29, 0.717) is 5.02 Å². The summed E-state index contributed by atoms with van der Waals surface area (Å²) in [5, 5.41) is 10.1. The highest BCUT2D eigenvalue weighted by molar-refractivity contribution is 6.31. The van der Waals surface area contributed by atoms with Gasteiger partial charge in [0.2, 0.25) is 0 Å². The van der Waals surface area contributed by atoms with Crippen molar-refractivity contribution in [2.75, 3.05) is 11.9 Å². The lowest BCUT2D eigenvalue weighted by atomic mass is 10.1. The zero-order valence-corrected chi connectivity index (χ0v) is 12.2. The summed E-state index contributed by atoms with van der Waals surface area (Å²) >= 11 is 6.14. The van der Waals surface area contributed by atoms with Crippen LogP contribution in [0.4, 0.5) is 11.4 Å². The molecule has 0 unspecified atom stereocenters. The smallest absolute Gasteiger partial charge is 0.0716 e. The fraction of sp³-hybridized carbons (Fsp3) is 0.250. The summed E-state index contributed by atoms with van der Waals surface area (Å²) in [6, 6.07) is 12.0. The van der Waals surface area contributed by atoms with E-state index in [1.165, 1.54) is 11.1 Å². The van der Waals surface area contributed by atoms with Crippen LogP contribution in [0.25, 0.3) is 0 Å². The van der Waals surface area contributed by atoms with E-state index in [0.717, 1.165) is 16.9 Å². The molecule has 3 heteroatoms. The molecular weight excluding hydrogens is 258 g/mol. The number of halogens is 1. The highest BCUT2D eigenvalue weighted by Crippen LogP contribution is 2.32. The highest BCUT2D eigenvalue weighted by Gasteiger charge is 2.12. The minimum absolute atomic E-state index is 0.0653. The largest absolute Gasteiger partial charge is 0.392 e. The van der Waals surface area contributed by atoms with Crippen molar-refractivity contribution in [3.8, 4) is 0 Å². The van der Waals surface area contributed by atoms with Crippen molar-refractivity contribution in [3.05, 3.63) is 58.1 Å². The van der Waals surface area contributed by atoms with Gasteiger partial charge in [-0.2, -0.15) is 0 Å². The minimum Gasteiger partial charge on any atom is -0.392 e. The summed E-state index contributed by atoms with van der Waals surface area (Å²) < 4.78 is 0. The first-order valence-electron chi connectivity index (χ1n) is 6.23. The standard InChI is InChI=1S/C16H18ClNO/c1-11-7-12(2)9-13(8-11)18(3)16-6-4-5-15(17)14(16)10-19/h4-9,19H,10H2,1-3H3. The van der Waals surface area contributed by atoms with Gasteiger partial charge in [0.25, 0.3) is 0 Å². The van der Waals surface area contributed by atoms with Gasteiger partial charge in [-0.3, -0.25) is 0 Å². The Balaban J connectivity index is 2.49. The summed E-state index contributed by atoms with van der Waals surface area (Å²) in [4.78, 5) is 2.05. The van der Waals surface area contributed by atoms with Crippen molar-refractivity contribution in [2.45, 2.75) is 20.5 Å². The van der Waals surface area contributed by atoms with E-state index in [4.69, 9.17) is 11.6 Å². The van der Waals surface area contributed by atoms with Gasteiger partial charge in [-0.25, -0.2) is 0 Å². The van der Waals surface area contributed by atoms with Gasteiger partial charge >= 0.3 is 0 Å². The third-order valence-electron chi connectivity index (χ3n) is 3.21. The fourth-order valence-corrected chi connectivity index (χ4v) is 2.53. The summed E-state index contributed by atoms with van der Waals surface area (Å²) in [5.41, 5.74) is 5.21. The van der Waals surface area contributed by atoms with Crippen molar-refractivity contribution in [1.29, 1.82) is 0 Å². The van der Waals surface area contributed by atoms with Gasteiger partial charge in [0.15, 0.2) is 0 Å². The van der Waals surface area contributed by atoms with Crippen molar-refractivity contribution in [1.82, 2.24) is 0 Å². The SMILES string of the molecule is Cc1cc(C)cc(N(C)c2cccc(Cl)c2CO)c1. The second-order valence-electron chi connectivity index (χ2n) is 4.80. The third kappa shape index (κ3) is 2.91. The zero-order chi connectivity index (χ0) is 14.0. The molecule has 19 heavy (non-hydrogen) atoms. The summed E-state index contributed by atoms with van der Waals surface area (Å²) in [6.07, 6.45) is 0. The zero-order valence-electron chi connectivity index (χ0n) is 11.4. The number of hydrogen-bond acceptors (Lipinski definition) is 2. The number of rotatable bonds is 3. The second-order valence-corrected chi connectivity index (χ2v) is 5.21. The maximum absolute atomic E-state index is 9.49. The van der Waals surface area contributed by atoms with Gasteiger partial charge in [-0.05, 0) is 49.2 Å². The molecule has 0 saturated carbocycles. The van der Waals surface area contributed by atoms with E-state index < -0.39 is 0 Å². The maximum Gasteiger partial charge on any atom is 0.0716 e. The summed E-state index contributed by atoms with van der Waals surface area (Å²) in [5.74, 6) is 0. The Hall–Kier alpha value is -1.51. The molecule has 0 aliphatic carbocycles. The van der Waals surface area contributed by atoms with Crippen LogP contribution >= 0.6 is 11.6 Å². The number of nitrogens with zero attached hydrogens (tertiary/aromatic N) is 1. The number of anilines is 2. The molecule has 0 heterocycles. The first-order chi connectivity index (χ1) is 9.02. The Morgan fingerprint density at radius 2 is 1.74 bits per heavy atom. The first-order valence-corrected chi connectivity index (χ1v) is 6.61. The number of aliphatic hydroxyl groups excluding tert-OH is 1. The molecule has 0 aliphatic rings. The number of aryl methyl sites for hydroxylation is 2. The fourth-order valence-electron chi connectivity index (χ4n) is 2.30. The quantitative estimate of drug-likeness (QED) is 0.907. The Kier molecular flexibility index (Phi) is 4.13. The molecule has 2 aromatic rings. The van der Waals surface area contributed by atoms with Crippen molar-refractivity contribution >= 4 is 23.0 Å². The monoisotopic (exact) mass is 275 g/mol. The average molecular weight is 276 g/mol. The lowest BCUT2D eigenvalue weighted by Gasteiger charge is -2.23. The molecule has 0 radical (unpaired) electrons. The van der Waals surface area contributed by atoms with E-state index in [-0.39, 0.29) is 6.61 Å². The van der Waals surface area contributed by atoms with Crippen LogP contribution in [0.2, 0.25) is 5.02 Å². The Morgan fingerprint density at radius 1 is 1.11 bits per heavy atom. The van der Waals surface area contributed by atoms with Crippen molar-refractivity contribution < 1.29 is 5.11 Å². The predicted octanol–water partition coefficient (Wildman–Crippen LogP) is 4.22. The van der Waals surface area contributed by atoms with Gasteiger partial charge in [0, 0.05) is 29.0 Å². The normalized spacial score (nSPS) is 10.6. The van der Waals surface area contributed by atoms with Gasteiger partial charge < -0.3 is 10.0 Å². The predicted molar refractivity (Wildman–Crippen MR) is 81.4 cm³/mol. The van der Waals surface area contributed by atoms with E-state index in [2.05, 4.69) is 36.9 Å². The Labute approximate surface area is 119 Å². The van der Waals surface area contributed by atoms with Crippen molar-refractivity contribution in [3.63, 3.8) is 0 Å². The van der Waals surface area contributed by atoms with E-state index >= 15 is 0 Å². The van der Waals surface area contributed by atoms with Crippen LogP contribution in [0, 0.1) is 13.8 Å². The molecule has 2 aromatic carbocycles. The first kappa shape index (κ1) is 13.9. The van der Waals surface area contributed by atoms with Crippen LogP contribution in [0.1, 0.15) is 16.7 Å². The molecule has 1 N–H and O–H groups in total. The van der Waals surface area contributed by atoms with Gasteiger partial charge in [0.1, 0.15) is 0 Å². The maximum atomic E-state index is 9.49. The number of benzene rings is 2. The molecule has 0 bridgehead atoms. The Morgan fingerprint density at radius 3 is 2.32 bits per heavy atom. The van der Waals surface area contributed by atoms with Gasteiger partial charge in [0.05, 0.1) is 6.61 Å². The lowest BCUT2D eigenvalue weighted by molar-refractivity contribution is 0.282. The van der Waals surface area contributed by atoms with E-state index in [9.17, 15) is 5.11 Å².